The number of nitrogens with one attached hydrogen (secondary N) is 2. The summed E-state index contributed by atoms with van der Waals surface area (Å²) >= 11 is 0. The number of hydrogen-bond acceptors (Lipinski definition) is 4. The van der Waals surface area contributed by atoms with Gasteiger partial charge in [-0.15, -0.1) is 0 Å². The van der Waals surface area contributed by atoms with E-state index in [2.05, 4.69) is 15.7 Å². The molecule has 1 atom stereocenters. The molecule has 1 aromatic heterocycles. The van der Waals surface area contributed by atoms with Crippen LogP contribution in [0.4, 0.5) is 10.6 Å². The van der Waals surface area contributed by atoms with Crippen molar-refractivity contribution in [2.24, 2.45) is 0 Å². The van der Waals surface area contributed by atoms with Gasteiger partial charge in [-0.2, -0.15) is 5.10 Å². The predicted octanol–water partition coefficient (Wildman–Crippen LogP) is 2.83. The van der Waals surface area contributed by atoms with Crippen LogP contribution in [0.5, 0.6) is 5.75 Å². The van der Waals surface area contributed by atoms with Crippen molar-refractivity contribution >= 4 is 28.7 Å². The fourth-order valence-electron chi connectivity index (χ4n) is 3.53. The summed E-state index contributed by atoms with van der Waals surface area (Å²) in [5.41, 5.74) is 1.96. The first-order valence-corrected chi connectivity index (χ1v) is 9.95. The minimum Gasteiger partial charge on any atom is -0.490 e. The molecule has 2 heterocycles. The number of ether oxygens (including phenoxy) is 1. The predicted molar refractivity (Wildman–Crippen MR) is 115 cm³/mol. The molecule has 30 heavy (non-hydrogen) atoms. The summed E-state index contributed by atoms with van der Waals surface area (Å²) in [7, 11) is 1.65. The third kappa shape index (κ3) is 3.94. The van der Waals surface area contributed by atoms with E-state index in [1.54, 1.807) is 7.05 Å². The van der Waals surface area contributed by atoms with Crippen LogP contribution in [0.25, 0.3) is 10.9 Å². The number of rotatable bonds is 6. The van der Waals surface area contributed by atoms with Crippen LogP contribution < -0.4 is 15.4 Å². The topological polar surface area (TPSA) is 88.5 Å². The first-order valence-electron chi connectivity index (χ1n) is 9.95. The highest BCUT2D eigenvalue weighted by Crippen LogP contribution is 2.33. The summed E-state index contributed by atoms with van der Waals surface area (Å²) in [6.07, 6.45) is -0.0283. The lowest BCUT2D eigenvalue weighted by Crippen LogP contribution is -2.38. The zero-order valence-corrected chi connectivity index (χ0v) is 17.3. The fourth-order valence-corrected chi connectivity index (χ4v) is 3.53. The summed E-state index contributed by atoms with van der Waals surface area (Å²) in [4.78, 5) is 26.0. The Hall–Kier alpha value is -3.55. The fraction of sp³-hybridized carbons (Fsp3) is 0.318. The smallest absolute Gasteiger partial charge is 0.317 e. The van der Waals surface area contributed by atoms with Crippen molar-refractivity contribution in [2.75, 3.05) is 18.9 Å². The van der Waals surface area contributed by atoms with E-state index < -0.39 is 6.04 Å². The Balaban J connectivity index is 1.71. The van der Waals surface area contributed by atoms with Gasteiger partial charge in [-0.3, -0.25) is 9.48 Å². The lowest BCUT2D eigenvalue weighted by atomic mass is 10.2. The van der Waals surface area contributed by atoms with Crippen molar-refractivity contribution < 1.29 is 14.3 Å². The van der Waals surface area contributed by atoms with E-state index in [1.807, 2.05) is 67.1 Å². The van der Waals surface area contributed by atoms with Gasteiger partial charge in [-0.1, -0.05) is 36.4 Å². The summed E-state index contributed by atoms with van der Waals surface area (Å²) in [6, 6.07) is 14.9. The number of benzene rings is 2. The van der Waals surface area contributed by atoms with Crippen LogP contribution in [-0.4, -0.2) is 52.4 Å². The van der Waals surface area contributed by atoms with E-state index in [0.29, 0.717) is 24.7 Å². The van der Waals surface area contributed by atoms with Gasteiger partial charge in [-0.05, 0) is 31.5 Å². The number of urea groups is 1. The highest BCUT2D eigenvalue weighted by molar-refractivity contribution is 6.05. The molecule has 2 N–H and O–H groups in total. The van der Waals surface area contributed by atoms with Crippen LogP contribution in [0, 0.1) is 0 Å². The summed E-state index contributed by atoms with van der Waals surface area (Å²) in [5.74, 6) is 0.772. The SMILES string of the molecule is CC(C)Oc1cccc2c1c(NC(=O)[C@@H]1CN(C)C(=O)N1)nn2Cc1ccccc1. The summed E-state index contributed by atoms with van der Waals surface area (Å²) in [6.45, 7) is 4.77. The molecule has 0 spiro atoms. The second-order valence-corrected chi connectivity index (χ2v) is 7.68. The Morgan fingerprint density at radius 1 is 1.23 bits per heavy atom. The van der Waals surface area contributed by atoms with Crippen LogP contribution in [0.3, 0.4) is 0 Å². The molecule has 0 radical (unpaired) electrons. The minimum absolute atomic E-state index is 0.0283. The van der Waals surface area contributed by atoms with Gasteiger partial charge in [0.25, 0.3) is 0 Å². The van der Waals surface area contributed by atoms with Gasteiger partial charge >= 0.3 is 6.03 Å². The normalized spacial score (nSPS) is 16.2. The van der Waals surface area contributed by atoms with Crippen molar-refractivity contribution in [3.8, 4) is 5.75 Å². The van der Waals surface area contributed by atoms with Gasteiger partial charge in [-0.25, -0.2) is 4.79 Å². The number of hydrogen-bond donors (Lipinski definition) is 2. The van der Waals surface area contributed by atoms with Crippen LogP contribution >= 0.6 is 0 Å². The Labute approximate surface area is 174 Å². The van der Waals surface area contributed by atoms with Crippen LogP contribution in [0.15, 0.2) is 48.5 Å². The molecule has 1 fully saturated rings. The molecule has 4 rings (SSSR count). The zero-order chi connectivity index (χ0) is 21.3. The van der Waals surface area contributed by atoms with Gasteiger partial charge in [0, 0.05) is 7.05 Å². The molecular formula is C22H25N5O3. The summed E-state index contributed by atoms with van der Waals surface area (Å²) in [5, 5.41) is 11.0. The average Bonchev–Trinajstić information content (AvgIpc) is 3.23. The molecule has 0 bridgehead atoms. The molecule has 1 saturated heterocycles. The van der Waals surface area contributed by atoms with E-state index in [-0.39, 0.29) is 18.0 Å². The molecular weight excluding hydrogens is 382 g/mol. The van der Waals surface area contributed by atoms with Crippen LogP contribution in [0.2, 0.25) is 0 Å². The maximum Gasteiger partial charge on any atom is 0.317 e. The lowest BCUT2D eigenvalue weighted by molar-refractivity contribution is -0.117. The maximum atomic E-state index is 12.8. The van der Waals surface area contributed by atoms with Gasteiger partial charge in [0.15, 0.2) is 5.82 Å². The zero-order valence-electron chi connectivity index (χ0n) is 17.3. The second kappa shape index (κ2) is 8.06. The Morgan fingerprint density at radius 3 is 2.67 bits per heavy atom. The molecule has 1 aliphatic rings. The number of aromatic nitrogens is 2. The van der Waals surface area contributed by atoms with E-state index in [1.165, 1.54) is 4.90 Å². The van der Waals surface area contributed by atoms with E-state index >= 15 is 0 Å². The quantitative estimate of drug-likeness (QED) is 0.658. The van der Waals surface area contributed by atoms with Crippen molar-refractivity contribution in [3.05, 3.63) is 54.1 Å². The lowest BCUT2D eigenvalue weighted by Gasteiger charge is -2.13. The molecule has 0 unspecified atom stereocenters. The number of anilines is 1. The number of carbonyl (C=O) groups is 2. The number of likely N-dealkylation sites (N-methyl/N-ethyl adjacent to an activating group) is 1. The number of nitrogens with zero attached hydrogens (tertiary/aromatic N) is 3. The minimum atomic E-state index is -0.630. The number of fused-ring (bicyclic) bond motifs is 1. The second-order valence-electron chi connectivity index (χ2n) is 7.68. The Kier molecular flexibility index (Phi) is 5.31. The number of carbonyl (C=O) groups excluding carboxylic acids is 2. The van der Waals surface area contributed by atoms with E-state index in [9.17, 15) is 9.59 Å². The third-order valence-electron chi connectivity index (χ3n) is 4.94. The molecule has 156 valence electrons. The largest absolute Gasteiger partial charge is 0.490 e. The van der Waals surface area contributed by atoms with E-state index in [4.69, 9.17) is 4.74 Å². The van der Waals surface area contributed by atoms with Gasteiger partial charge < -0.3 is 20.3 Å². The third-order valence-corrected chi connectivity index (χ3v) is 4.94. The molecule has 1 aliphatic heterocycles. The van der Waals surface area contributed by atoms with Gasteiger partial charge in [0.2, 0.25) is 5.91 Å². The average molecular weight is 407 g/mol. The van der Waals surface area contributed by atoms with Crippen LogP contribution in [-0.2, 0) is 11.3 Å². The van der Waals surface area contributed by atoms with Crippen molar-refractivity contribution in [3.63, 3.8) is 0 Å². The van der Waals surface area contributed by atoms with E-state index in [0.717, 1.165) is 16.5 Å². The molecule has 3 amide bonds. The molecule has 0 saturated carbocycles. The van der Waals surface area contributed by atoms with Crippen LogP contribution in [0.1, 0.15) is 19.4 Å². The monoisotopic (exact) mass is 407 g/mol. The molecule has 0 aliphatic carbocycles. The van der Waals surface area contributed by atoms with Gasteiger partial charge in [0.1, 0.15) is 11.8 Å². The number of amides is 3. The molecule has 2 aromatic carbocycles. The standard InChI is InChI=1S/C22H25N5O3/c1-14(2)30-18-11-7-10-17-19(18)20(24-21(28)16-13-26(3)22(29)23-16)25-27(17)12-15-8-5-4-6-9-15/h4-11,14,16H,12-13H2,1-3H3,(H,23,29)(H,24,25,28)/t16-/m0/s1. The van der Waals surface area contributed by atoms with Crippen molar-refractivity contribution in [1.82, 2.24) is 20.0 Å². The van der Waals surface area contributed by atoms with Crippen molar-refractivity contribution in [2.45, 2.75) is 32.5 Å². The molecule has 8 nitrogen and oxygen atoms in total. The highest BCUT2D eigenvalue weighted by atomic mass is 16.5. The van der Waals surface area contributed by atoms with Gasteiger partial charge in [0.05, 0.1) is 30.1 Å². The first kappa shape index (κ1) is 19.8. The first-order chi connectivity index (χ1) is 14.4. The maximum absolute atomic E-state index is 12.8. The Morgan fingerprint density at radius 2 is 2.00 bits per heavy atom. The van der Waals surface area contributed by atoms with Crippen molar-refractivity contribution in [1.29, 1.82) is 0 Å². The Bertz CT molecular complexity index is 1080. The molecule has 3 aromatic rings. The molecule has 8 heteroatoms. The summed E-state index contributed by atoms with van der Waals surface area (Å²) < 4.78 is 7.84. The highest BCUT2D eigenvalue weighted by Gasteiger charge is 2.32.